The molecule has 4 heteroatoms. The van der Waals surface area contributed by atoms with Gasteiger partial charge in [0.2, 0.25) is 0 Å². The molecule has 1 aliphatic rings. The molecule has 0 spiro atoms. The van der Waals surface area contributed by atoms with E-state index in [9.17, 15) is 9.90 Å². The van der Waals surface area contributed by atoms with Crippen molar-refractivity contribution in [3.63, 3.8) is 0 Å². The number of rotatable bonds is 2. The molecule has 1 aromatic rings. The molecule has 0 aromatic carbocycles. The number of carboxylic acid groups (broad SMARTS) is 1. The van der Waals surface area contributed by atoms with Crippen molar-refractivity contribution in [3.8, 4) is 0 Å². The Morgan fingerprint density at radius 1 is 1.44 bits per heavy atom. The Bertz CT molecular complexity index is 445. The number of carbonyl (C=O) groups is 1. The third-order valence-electron chi connectivity index (χ3n) is 3.68. The van der Waals surface area contributed by atoms with Gasteiger partial charge in [-0.25, -0.2) is 9.78 Å². The van der Waals surface area contributed by atoms with E-state index in [1.54, 1.807) is 12.3 Å². The molecule has 0 bridgehead atoms. The van der Waals surface area contributed by atoms with Crippen molar-refractivity contribution in [3.05, 3.63) is 23.4 Å². The minimum absolute atomic E-state index is 0.353. The van der Waals surface area contributed by atoms with Gasteiger partial charge in [-0.3, -0.25) is 0 Å². The molecule has 0 saturated carbocycles. The number of pyridine rings is 1. The van der Waals surface area contributed by atoms with E-state index in [0.29, 0.717) is 17.4 Å². The lowest BCUT2D eigenvalue weighted by atomic mass is 10.1. The fraction of sp³-hybridized carbons (Fsp3) is 0.571. The lowest BCUT2D eigenvalue weighted by Gasteiger charge is -2.29. The zero-order valence-corrected chi connectivity index (χ0v) is 11.0. The second kappa shape index (κ2) is 5.38. The van der Waals surface area contributed by atoms with Crippen molar-refractivity contribution in [1.29, 1.82) is 0 Å². The molecule has 1 aromatic heterocycles. The van der Waals surface area contributed by atoms with Crippen LogP contribution in [0, 0.1) is 6.92 Å². The molecule has 0 aliphatic carbocycles. The van der Waals surface area contributed by atoms with Gasteiger partial charge in [0, 0.05) is 18.8 Å². The van der Waals surface area contributed by atoms with Gasteiger partial charge < -0.3 is 10.0 Å². The molecule has 2 rings (SSSR count). The summed E-state index contributed by atoms with van der Waals surface area (Å²) >= 11 is 0. The maximum atomic E-state index is 11.4. The summed E-state index contributed by atoms with van der Waals surface area (Å²) in [6, 6.07) is 2.12. The summed E-state index contributed by atoms with van der Waals surface area (Å²) in [6.45, 7) is 4.88. The number of aromatic nitrogens is 1. The first-order valence-corrected chi connectivity index (χ1v) is 6.57. The van der Waals surface area contributed by atoms with Gasteiger partial charge in [0.05, 0.1) is 0 Å². The van der Waals surface area contributed by atoms with E-state index in [2.05, 4.69) is 16.8 Å². The van der Waals surface area contributed by atoms with Crippen LogP contribution in [0.4, 0.5) is 5.82 Å². The number of hydrogen-bond acceptors (Lipinski definition) is 3. The molecule has 1 fully saturated rings. The molecule has 1 atom stereocenters. The van der Waals surface area contributed by atoms with E-state index in [1.165, 1.54) is 12.8 Å². The summed E-state index contributed by atoms with van der Waals surface area (Å²) in [5.74, 6) is -0.246. The van der Waals surface area contributed by atoms with Crippen molar-refractivity contribution < 1.29 is 9.90 Å². The van der Waals surface area contributed by atoms with Crippen molar-refractivity contribution in [1.82, 2.24) is 4.98 Å². The van der Waals surface area contributed by atoms with Crippen LogP contribution in [0.5, 0.6) is 0 Å². The maximum Gasteiger partial charge on any atom is 0.339 e. The van der Waals surface area contributed by atoms with Crippen LogP contribution in [0.15, 0.2) is 12.3 Å². The minimum atomic E-state index is -0.882. The fourth-order valence-corrected chi connectivity index (χ4v) is 2.62. The van der Waals surface area contributed by atoms with Gasteiger partial charge in [-0.05, 0) is 38.3 Å². The van der Waals surface area contributed by atoms with Crippen LogP contribution in [-0.4, -0.2) is 28.6 Å². The van der Waals surface area contributed by atoms with Gasteiger partial charge in [0.15, 0.2) is 0 Å². The van der Waals surface area contributed by atoms with Gasteiger partial charge in [0.25, 0.3) is 0 Å². The van der Waals surface area contributed by atoms with Gasteiger partial charge in [0.1, 0.15) is 11.4 Å². The zero-order chi connectivity index (χ0) is 13.1. The molecular formula is C14H20N2O2. The van der Waals surface area contributed by atoms with Gasteiger partial charge in [-0.1, -0.05) is 12.8 Å². The second-order valence-corrected chi connectivity index (χ2v) is 5.02. The summed E-state index contributed by atoms with van der Waals surface area (Å²) < 4.78 is 0. The van der Waals surface area contributed by atoms with E-state index in [4.69, 9.17) is 0 Å². The zero-order valence-electron chi connectivity index (χ0n) is 11.0. The third-order valence-corrected chi connectivity index (χ3v) is 3.68. The molecule has 0 amide bonds. The highest BCUT2D eigenvalue weighted by Crippen LogP contribution is 2.27. The maximum absolute atomic E-state index is 11.4. The Kier molecular flexibility index (Phi) is 3.84. The van der Waals surface area contributed by atoms with E-state index >= 15 is 0 Å². The number of aryl methyl sites for hydroxylation is 1. The summed E-state index contributed by atoms with van der Waals surface area (Å²) in [4.78, 5) is 17.9. The SMILES string of the molecule is Cc1ccnc(N2CCCCCC2C)c1C(=O)O. The lowest BCUT2D eigenvalue weighted by molar-refractivity contribution is 0.0696. The summed E-state index contributed by atoms with van der Waals surface area (Å²) in [6.07, 6.45) is 6.35. The average Bonchev–Trinajstić information content (AvgIpc) is 2.53. The van der Waals surface area contributed by atoms with Crippen molar-refractivity contribution >= 4 is 11.8 Å². The number of anilines is 1. The van der Waals surface area contributed by atoms with Gasteiger partial charge >= 0.3 is 5.97 Å². The molecule has 1 aliphatic heterocycles. The topological polar surface area (TPSA) is 53.4 Å². The predicted octanol–water partition coefficient (Wildman–Crippen LogP) is 2.86. The van der Waals surface area contributed by atoms with E-state index in [-0.39, 0.29) is 0 Å². The first kappa shape index (κ1) is 12.9. The van der Waals surface area contributed by atoms with Crippen LogP contribution < -0.4 is 4.90 Å². The van der Waals surface area contributed by atoms with Gasteiger partial charge in [-0.2, -0.15) is 0 Å². The number of carboxylic acids is 1. The number of hydrogen-bond donors (Lipinski definition) is 1. The van der Waals surface area contributed by atoms with Crippen LogP contribution in [0.25, 0.3) is 0 Å². The molecule has 1 unspecified atom stereocenters. The fourth-order valence-electron chi connectivity index (χ4n) is 2.62. The number of nitrogens with zero attached hydrogens (tertiary/aromatic N) is 2. The molecular weight excluding hydrogens is 228 g/mol. The van der Waals surface area contributed by atoms with Crippen LogP contribution in [-0.2, 0) is 0 Å². The van der Waals surface area contributed by atoms with Crippen molar-refractivity contribution in [2.75, 3.05) is 11.4 Å². The highest BCUT2D eigenvalue weighted by Gasteiger charge is 2.24. The molecule has 4 nitrogen and oxygen atoms in total. The molecule has 1 N–H and O–H groups in total. The summed E-state index contributed by atoms with van der Waals surface area (Å²) in [7, 11) is 0. The van der Waals surface area contributed by atoms with E-state index in [0.717, 1.165) is 24.9 Å². The average molecular weight is 248 g/mol. The van der Waals surface area contributed by atoms with Crippen molar-refractivity contribution in [2.45, 2.75) is 45.6 Å². The monoisotopic (exact) mass is 248 g/mol. The Morgan fingerprint density at radius 3 is 2.94 bits per heavy atom. The molecule has 18 heavy (non-hydrogen) atoms. The van der Waals surface area contributed by atoms with E-state index < -0.39 is 5.97 Å². The van der Waals surface area contributed by atoms with Crippen LogP contribution in [0.1, 0.15) is 48.5 Å². The Balaban J connectivity index is 2.42. The molecule has 98 valence electrons. The lowest BCUT2D eigenvalue weighted by Crippen LogP contribution is -2.34. The number of aromatic carboxylic acids is 1. The van der Waals surface area contributed by atoms with Crippen LogP contribution in [0.3, 0.4) is 0 Å². The Hall–Kier alpha value is -1.58. The van der Waals surface area contributed by atoms with E-state index in [1.807, 2.05) is 6.92 Å². The first-order chi connectivity index (χ1) is 8.61. The third kappa shape index (κ3) is 2.47. The first-order valence-electron chi connectivity index (χ1n) is 6.57. The predicted molar refractivity (Wildman–Crippen MR) is 71.2 cm³/mol. The highest BCUT2D eigenvalue weighted by molar-refractivity contribution is 5.95. The Morgan fingerprint density at radius 2 is 2.22 bits per heavy atom. The van der Waals surface area contributed by atoms with Crippen LogP contribution in [0.2, 0.25) is 0 Å². The summed E-state index contributed by atoms with van der Waals surface area (Å²) in [5.41, 5.74) is 1.13. The molecule has 1 saturated heterocycles. The molecule has 0 radical (unpaired) electrons. The second-order valence-electron chi connectivity index (χ2n) is 5.02. The largest absolute Gasteiger partial charge is 0.478 e. The van der Waals surface area contributed by atoms with Gasteiger partial charge in [-0.15, -0.1) is 0 Å². The highest BCUT2D eigenvalue weighted by atomic mass is 16.4. The normalized spacial score (nSPS) is 20.6. The summed E-state index contributed by atoms with van der Waals surface area (Å²) in [5, 5.41) is 9.37. The van der Waals surface area contributed by atoms with Crippen LogP contribution >= 0.6 is 0 Å². The standard InChI is InChI=1S/C14H20N2O2/c1-10-7-8-15-13(12(10)14(17)18)16-9-5-3-4-6-11(16)2/h7-8,11H,3-6,9H2,1-2H3,(H,17,18). The quantitative estimate of drug-likeness (QED) is 0.874. The minimum Gasteiger partial charge on any atom is -0.478 e. The van der Waals surface area contributed by atoms with Crippen molar-refractivity contribution in [2.24, 2.45) is 0 Å². The Labute approximate surface area is 108 Å². The smallest absolute Gasteiger partial charge is 0.339 e. The molecule has 2 heterocycles.